The number of rotatable bonds is 7. The number of hydrogen-bond acceptors (Lipinski definition) is 3. The average molecular weight is 306 g/mol. The van der Waals surface area contributed by atoms with E-state index in [-0.39, 0.29) is 12.1 Å². The first-order valence-electron chi connectivity index (χ1n) is 7.22. The summed E-state index contributed by atoms with van der Waals surface area (Å²) in [5.74, 6) is 1.04. The van der Waals surface area contributed by atoms with Crippen molar-refractivity contribution in [1.29, 1.82) is 0 Å². The van der Waals surface area contributed by atoms with Crippen molar-refractivity contribution in [2.75, 3.05) is 24.8 Å². The Labute approximate surface area is 130 Å². The molecule has 0 atom stereocenters. The summed E-state index contributed by atoms with van der Waals surface area (Å²) in [6, 6.07) is 8.04. The van der Waals surface area contributed by atoms with E-state index in [9.17, 15) is 4.79 Å². The van der Waals surface area contributed by atoms with Crippen molar-refractivity contribution in [1.82, 2.24) is 5.32 Å². The van der Waals surface area contributed by atoms with E-state index in [2.05, 4.69) is 22.8 Å². The molecule has 0 aliphatic heterocycles. The minimum atomic E-state index is -0.135. The fourth-order valence-electron chi connectivity index (χ4n) is 2.12. The molecule has 1 aliphatic carbocycles. The number of ether oxygens (including phenoxy) is 1. The summed E-state index contributed by atoms with van der Waals surface area (Å²) in [6.07, 6.45) is 7.08. The lowest BCUT2D eigenvalue weighted by molar-refractivity contribution is 0.200. The van der Waals surface area contributed by atoms with E-state index in [0.717, 1.165) is 37.3 Å². The van der Waals surface area contributed by atoms with Crippen LogP contribution in [0.25, 0.3) is 0 Å². The van der Waals surface area contributed by atoms with E-state index in [0.29, 0.717) is 0 Å². The number of hydrogen-bond donors (Lipinski definition) is 2. The topological polar surface area (TPSA) is 50.4 Å². The molecule has 0 bridgehead atoms. The van der Waals surface area contributed by atoms with E-state index in [1.807, 2.05) is 24.3 Å². The summed E-state index contributed by atoms with van der Waals surface area (Å²) in [6.45, 7) is 0.794. The lowest BCUT2D eigenvalue weighted by Gasteiger charge is -2.13. The Morgan fingerprint density at radius 1 is 1.29 bits per heavy atom. The third-order valence-corrected chi connectivity index (χ3v) is 4.32. The number of thioether (sulfide) groups is 1. The molecule has 0 aromatic heterocycles. The summed E-state index contributed by atoms with van der Waals surface area (Å²) >= 11 is 1.80. The minimum absolute atomic E-state index is 0.135. The molecule has 2 amide bonds. The Kier molecular flexibility index (Phi) is 6.63. The van der Waals surface area contributed by atoms with Gasteiger partial charge in [-0.05, 0) is 43.5 Å². The standard InChI is InChI=1S/C16H22N2O2S/c1-20-11-4-12-21-15-9-7-14(8-10-15)18-16(19)17-13-5-2-3-6-13/h2-3,7-10,13H,4-6,11-12H2,1H3,(H2,17,18,19). The van der Waals surface area contributed by atoms with Gasteiger partial charge in [0, 0.05) is 36.1 Å². The summed E-state index contributed by atoms with van der Waals surface area (Å²) in [4.78, 5) is 13.0. The van der Waals surface area contributed by atoms with Crippen LogP contribution in [0.3, 0.4) is 0 Å². The number of benzene rings is 1. The van der Waals surface area contributed by atoms with Gasteiger partial charge in [0.2, 0.25) is 0 Å². The van der Waals surface area contributed by atoms with Gasteiger partial charge in [0.05, 0.1) is 0 Å². The highest BCUT2D eigenvalue weighted by atomic mass is 32.2. The van der Waals surface area contributed by atoms with Crippen LogP contribution in [0.15, 0.2) is 41.3 Å². The van der Waals surface area contributed by atoms with Crippen LogP contribution in [-0.4, -0.2) is 31.5 Å². The molecule has 2 N–H and O–H groups in total. The second kappa shape index (κ2) is 8.74. The van der Waals surface area contributed by atoms with Gasteiger partial charge in [-0.2, -0.15) is 0 Å². The largest absolute Gasteiger partial charge is 0.385 e. The van der Waals surface area contributed by atoms with Crippen LogP contribution in [0.2, 0.25) is 0 Å². The number of carbonyl (C=O) groups excluding carboxylic acids is 1. The van der Waals surface area contributed by atoms with Crippen molar-refractivity contribution in [3.05, 3.63) is 36.4 Å². The Morgan fingerprint density at radius 3 is 2.67 bits per heavy atom. The molecule has 0 saturated heterocycles. The molecule has 21 heavy (non-hydrogen) atoms. The number of carbonyl (C=O) groups is 1. The van der Waals surface area contributed by atoms with E-state index >= 15 is 0 Å². The highest BCUT2D eigenvalue weighted by molar-refractivity contribution is 7.99. The van der Waals surface area contributed by atoms with Crippen molar-refractivity contribution in [2.24, 2.45) is 0 Å². The van der Waals surface area contributed by atoms with Gasteiger partial charge in [-0.25, -0.2) is 4.79 Å². The SMILES string of the molecule is COCCCSc1ccc(NC(=O)NC2CC=CC2)cc1. The highest BCUT2D eigenvalue weighted by Crippen LogP contribution is 2.21. The van der Waals surface area contributed by atoms with Gasteiger partial charge in [0.1, 0.15) is 0 Å². The fourth-order valence-corrected chi connectivity index (χ4v) is 2.94. The lowest BCUT2D eigenvalue weighted by Crippen LogP contribution is -2.36. The molecule has 1 aliphatic rings. The van der Waals surface area contributed by atoms with E-state index in [1.54, 1.807) is 18.9 Å². The van der Waals surface area contributed by atoms with Gasteiger partial charge < -0.3 is 15.4 Å². The molecule has 1 aromatic carbocycles. The Morgan fingerprint density at radius 2 is 2.00 bits per heavy atom. The van der Waals surface area contributed by atoms with Crippen molar-refractivity contribution in [2.45, 2.75) is 30.2 Å². The van der Waals surface area contributed by atoms with Gasteiger partial charge in [0.25, 0.3) is 0 Å². The first-order chi connectivity index (χ1) is 10.3. The second-order valence-corrected chi connectivity index (χ2v) is 6.13. The Hall–Kier alpha value is -1.46. The number of amides is 2. The quantitative estimate of drug-likeness (QED) is 0.459. The maximum atomic E-state index is 11.8. The van der Waals surface area contributed by atoms with Crippen LogP contribution < -0.4 is 10.6 Å². The Balaban J connectivity index is 1.72. The predicted molar refractivity (Wildman–Crippen MR) is 88.0 cm³/mol. The van der Waals surface area contributed by atoms with Gasteiger partial charge in [-0.3, -0.25) is 0 Å². The molecule has 2 rings (SSSR count). The third-order valence-electron chi connectivity index (χ3n) is 3.22. The number of anilines is 1. The van der Waals surface area contributed by atoms with E-state index in [4.69, 9.17) is 4.74 Å². The van der Waals surface area contributed by atoms with Gasteiger partial charge in [-0.15, -0.1) is 11.8 Å². The smallest absolute Gasteiger partial charge is 0.319 e. The molecule has 0 unspecified atom stereocenters. The molecule has 1 aromatic rings. The maximum Gasteiger partial charge on any atom is 0.319 e. The van der Waals surface area contributed by atoms with Crippen LogP contribution in [0, 0.1) is 0 Å². The van der Waals surface area contributed by atoms with Crippen molar-refractivity contribution in [3.8, 4) is 0 Å². The van der Waals surface area contributed by atoms with E-state index < -0.39 is 0 Å². The fraction of sp³-hybridized carbons (Fsp3) is 0.438. The molecule has 0 saturated carbocycles. The molecule has 114 valence electrons. The summed E-state index contributed by atoms with van der Waals surface area (Å²) in [7, 11) is 1.72. The van der Waals surface area contributed by atoms with Crippen LogP contribution in [-0.2, 0) is 4.74 Å². The Bertz CT molecular complexity index is 466. The highest BCUT2D eigenvalue weighted by Gasteiger charge is 2.12. The first-order valence-corrected chi connectivity index (χ1v) is 8.21. The summed E-state index contributed by atoms with van der Waals surface area (Å²) in [5, 5.41) is 5.82. The van der Waals surface area contributed by atoms with Crippen LogP contribution >= 0.6 is 11.8 Å². The molecule has 0 spiro atoms. The van der Waals surface area contributed by atoms with Gasteiger partial charge in [-0.1, -0.05) is 12.2 Å². The predicted octanol–water partition coefficient (Wildman–Crippen LogP) is 3.66. The van der Waals surface area contributed by atoms with Crippen LogP contribution in [0.4, 0.5) is 10.5 Å². The zero-order valence-electron chi connectivity index (χ0n) is 12.3. The minimum Gasteiger partial charge on any atom is -0.385 e. The van der Waals surface area contributed by atoms with E-state index in [1.165, 1.54) is 4.90 Å². The molecule has 5 heteroatoms. The zero-order valence-corrected chi connectivity index (χ0v) is 13.1. The molecule has 4 nitrogen and oxygen atoms in total. The molecular weight excluding hydrogens is 284 g/mol. The van der Waals surface area contributed by atoms with Gasteiger partial charge in [0.15, 0.2) is 0 Å². The number of methoxy groups -OCH3 is 1. The molecule has 0 heterocycles. The van der Waals surface area contributed by atoms with Crippen molar-refractivity contribution >= 4 is 23.5 Å². The monoisotopic (exact) mass is 306 g/mol. The maximum absolute atomic E-state index is 11.8. The first kappa shape index (κ1) is 15.9. The third kappa shape index (κ3) is 5.81. The van der Waals surface area contributed by atoms with Crippen LogP contribution in [0.5, 0.6) is 0 Å². The zero-order chi connectivity index (χ0) is 14.9. The van der Waals surface area contributed by atoms with Crippen molar-refractivity contribution < 1.29 is 9.53 Å². The normalized spacial score (nSPS) is 14.3. The number of urea groups is 1. The molecule has 0 radical (unpaired) electrons. The lowest BCUT2D eigenvalue weighted by atomic mass is 10.2. The summed E-state index contributed by atoms with van der Waals surface area (Å²) < 4.78 is 5.02. The second-order valence-electron chi connectivity index (χ2n) is 4.96. The van der Waals surface area contributed by atoms with Crippen LogP contribution in [0.1, 0.15) is 19.3 Å². The average Bonchev–Trinajstić information content (AvgIpc) is 2.98. The molecule has 0 fully saturated rings. The molecular formula is C16H22N2O2S. The van der Waals surface area contributed by atoms with Crippen molar-refractivity contribution in [3.63, 3.8) is 0 Å². The summed E-state index contributed by atoms with van der Waals surface area (Å²) in [5.41, 5.74) is 0.819. The van der Waals surface area contributed by atoms with Gasteiger partial charge >= 0.3 is 6.03 Å². The number of nitrogens with one attached hydrogen (secondary N) is 2.